The van der Waals surface area contributed by atoms with Crippen LogP contribution in [-0.4, -0.2) is 50.3 Å². The summed E-state index contributed by atoms with van der Waals surface area (Å²) < 4.78 is 6.84. The van der Waals surface area contributed by atoms with Crippen LogP contribution in [-0.2, 0) is 4.74 Å². The van der Waals surface area contributed by atoms with Gasteiger partial charge in [0.25, 0.3) is 0 Å². The van der Waals surface area contributed by atoms with Crippen LogP contribution >= 0.6 is 15.9 Å². The van der Waals surface area contributed by atoms with Crippen molar-refractivity contribution < 1.29 is 9.53 Å². The fourth-order valence-electron chi connectivity index (χ4n) is 4.25. The van der Waals surface area contributed by atoms with Gasteiger partial charge in [-0.15, -0.1) is 0 Å². The Kier molecular flexibility index (Phi) is 4.43. The molecule has 6 heteroatoms. The molecule has 3 saturated heterocycles. The number of hydrogen-bond acceptors (Lipinski definition) is 4. The van der Waals surface area contributed by atoms with Crippen molar-refractivity contribution in [3.8, 4) is 0 Å². The zero-order chi connectivity index (χ0) is 16.7. The number of amides is 1. The summed E-state index contributed by atoms with van der Waals surface area (Å²) in [6, 6.07) is 6.26. The first-order valence-corrected chi connectivity index (χ1v) is 9.59. The molecule has 5 rings (SSSR count). The third-order valence-electron chi connectivity index (χ3n) is 5.68. The van der Waals surface area contributed by atoms with Crippen molar-refractivity contribution in [1.29, 1.82) is 0 Å². The molecule has 3 fully saturated rings. The SMILES string of the molecule is CN1CCC(NC(=O)O[C@H]2CN3CCC2CC3)c2ccc(Br)cc21. The predicted molar refractivity (Wildman–Crippen MR) is 97.3 cm³/mol. The van der Waals surface area contributed by atoms with Gasteiger partial charge >= 0.3 is 6.09 Å². The van der Waals surface area contributed by atoms with Gasteiger partial charge in [0.2, 0.25) is 0 Å². The van der Waals surface area contributed by atoms with Crippen molar-refractivity contribution in [1.82, 2.24) is 10.2 Å². The molecule has 4 heterocycles. The Labute approximate surface area is 151 Å². The fraction of sp³-hybridized carbons (Fsp3) is 0.611. The molecule has 1 aromatic rings. The largest absolute Gasteiger partial charge is 0.445 e. The van der Waals surface area contributed by atoms with Crippen LogP contribution in [0, 0.1) is 5.92 Å². The van der Waals surface area contributed by atoms with Crippen LogP contribution < -0.4 is 10.2 Å². The van der Waals surface area contributed by atoms with Crippen molar-refractivity contribution >= 4 is 27.7 Å². The maximum atomic E-state index is 12.4. The molecule has 1 aromatic carbocycles. The second-order valence-corrected chi connectivity index (χ2v) is 8.11. The van der Waals surface area contributed by atoms with E-state index in [-0.39, 0.29) is 18.2 Å². The highest BCUT2D eigenvalue weighted by Gasteiger charge is 2.37. The summed E-state index contributed by atoms with van der Waals surface area (Å²) in [5.41, 5.74) is 2.33. The average Bonchev–Trinajstić information content (AvgIpc) is 2.59. The van der Waals surface area contributed by atoms with Crippen molar-refractivity contribution in [2.24, 2.45) is 5.92 Å². The molecule has 1 N–H and O–H groups in total. The summed E-state index contributed by atoms with van der Waals surface area (Å²) in [5.74, 6) is 0.543. The third-order valence-corrected chi connectivity index (χ3v) is 6.17. The Balaban J connectivity index is 1.42. The molecule has 2 atom stereocenters. The first-order valence-electron chi connectivity index (χ1n) is 8.80. The lowest BCUT2D eigenvalue weighted by Gasteiger charge is -2.44. The quantitative estimate of drug-likeness (QED) is 0.837. The number of piperidine rings is 3. The molecule has 2 bridgehead atoms. The van der Waals surface area contributed by atoms with Gasteiger partial charge in [0.15, 0.2) is 0 Å². The summed E-state index contributed by atoms with van der Waals surface area (Å²) in [6.45, 7) is 4.13. The number of fused-ring (bicyclic) bond motifs is 4. The van der Waals surface area contributed by atoms with E-state index in [9.17, 15) is 4.79 Å². The minimum Gasteiger partial charge on any atom is -0.445 e. The van der Waals surface area contributed by atoms with Crippen LogP contribution in [0.3, 0.4) is 0 Å². The van der Waals surface area contributed by atoms with Gasteiger partial charge in [-0.2, -0.15) is 0 Å². The lowest BCUT2D eigenvalue weighted by molar-refractivity contribution is -0.0340. The Hall–Kier alpha value is -1.27. The Morgan fingerprint density at radius 2 is 2.04 bits per heavy atom. The van der Waals surface area contributed by atoms with Gasteiger partial charge in [0.1, 0.15) is 6.10 Å². The number of nitrogens with one attached hydrogen (secondary N) is 1. The second kappa shape index (κ2) is 6.56. The van der Waals surface area contributed by atoms with E-state index in [2.05, 4.69) is 50.2 Å². The standard InChI is InChI=1S/C18H24BrN3O2/c1-21-7-6-15(14-3-2-13(19)10-16(14)21)20-18(23)24-17-11-22-8-4-12(17)5-9-22/h2-3,10,12,15,17H,4-9,11H2,1H3,(H,20,23)/t15?,17-/m0/s1. The molecule has 0 spiro atoms. The van der Waals surface area contributed by atoms with Gasteiger partial charge in [0.05, 0.1) is 6.04 Å². The van der Waals surface area contributed by atoms with E-state index < -0.39 is 0 Å². The van der Waals surface area contributed by atoms with Gasteiger partial charge in [-0.25, -0.2) is 4.79 Å². The number of ether oxygens (including phenoxy) is 1. The Morgan fingerprint density at radius 1 is 1.25 bits per heavy atom. The highest BCUT2D eigenvalue weighted by molar-refractivity contribution is 9.10. The van der Waals surface area contributed by atoms with Crippen LogP contribution in [0.2, 0.25) is 0 Å². The maximum absolute atomic E-state index is 12.4. The molecule has 1 amide bonds. The van der Waals surface area contributed by atoms with Crippen molar-refractivity contribution in [2.75, 3.05) is 38.1 Å². The molecular weight excluding hydrogens is 370 g/mol. The fourth-order valence-corrected chi connectivity index (χ4v) is 4.60. The number of benzene rings is 1. The Bertz CT molecular complexity index is 631. The summed E-state index contributed by atoms with van der Waals surface area (Å²) in [6.07, 6.45) is 3.01. The predicted octanol–water partition coefficient (Wildman–Crippen LogP) is 3.15. The molecule has 4 aliphatic heterocycles. The van der Waals surface area contributed by atoms with Crippen LogP contribution in [0.4, 0.5) is 10.5 Å². The van der Waals surface area contributed by atoms with Crippen LogP contribution in [0.15, 0.2) is 22.7 Å². The summed E-state index contributed by atoms with van der Waals surface area (Å²) in [5, 5.41) is 3.10. The molecule has 24 heavy (non-hydrogen) atoms. The van der Waals surface area contributed by atoms with E-state index in [1.165, 1.54) is 5.69 Å². The first kappa shape index (κ1) is 16.2. The average molecular weight is 394 g/mol. The van der Waals surface area contributed by atoms with Crippen LogP contribution in [0.1, 0.15) is 30.9 Å². The number of anilines is 1. The zero-order valence-corrected chi connectivity index (χ0v) is 15.6. The molecule has 0 aromatic heterocycles. The first-order chi connectivity index (χ1) is 11.6. The van der Waals surface area contributed by atoms with E-state index in [1.807, 2.05) is 6.07 Å². The smallest absolute Gasteiger partial charge is 0.407 e. The maximum Gasteiger partial charge on any atom is 0.407 e. The van der Waals surface area contributed by atoms with E-state index in [1.54, 1.807) is 0 Å². The molecule has 0 radical (unpaired) electrons. The topological polar surface area (TPSA) is 44.8 Å². The minimum absolute atomic E-state index is 0.0258. The summed E-state index contributed by atoms with van der Waals surface area (Å²) in [7, 11) is 2.09. The van der Waals surface area contributed by atoms with E-state index in [0.29, 0.717) is 5.92 Å². The number of carbonyl (C=O) groups excluding carboxylic acids is 1. The lowest BCUT2D eigenvalue weighted by atomic mass is 9.86. The van der Waals surface area contributed by atoms with Crippen molar-refractivity contribution in [3.05, 3.63) is 28.2 Å². The molecule has 0 saturated carbocycles. The molecule has 4 aliphatic rings. The van der Waals surface area contributed by atoms with Crippen molar-refractivity contribution in [2.45, 2.75) is 31.4 Å². The number of alkyl carbamates (subject to hydrolysis) is 1. The molecule has 5 nitrogen and oxygen atoms in total. The molecule has 130 valence electrons. The number of rotatable bonds is 2. The molecule has 0 aliphatic carbocycles. The van der Waals surface area contributed by atoms with Gasteiger partial charge in [-0.3, -0.25) is 4.90 Å². The van der Waals surface area contributed by atoms with Gasteiger partial charge in [0, 0.05) is 30.3 Å². The van der Waals surface area contributed by atoms with Gasteiger partial charge in [-0.05, 0) is 56.0 Å². The van der Waals surface area contributed by atoms with E-state index >= 15 is 0 Å². The number of hydrogen-bond donors (Lipinski definition) is 1. The van der Waals surface area contributed by atoms with Gasteiger partial charge < -0.3 is 15.0 Å². The molecular formula is C18H24BrN3O2. The van der Waals surface area contributed by atoms with Gasteiger partial charge in [-0.1, -0.05) is 22.0 Å². The lowest BCUT2D eigenvalue weighted by Crippen LogP contribution is -2.52. The number of carbonyl (C=O) groups is 1. The number of nitrogens with zero attached hydrogens (tertiary/aromatic N) is 2. The normalized spacial score (nSPS) is 31.5. The zero-order valence-electron chi connectivity index (χ0n) is 14.0. The second-order valence-electron chi connectivity index (χ2n) is 7.19. The highest BCUT2D eigenvalue weighted by Crippen LogP contribution is 2.35. The van der Waals surface area contributed by atoms with Crippen LogP contribution in [0.5, 0.6) is 0 Å². The number of halogens is 1. The van der Waals surface area contributed by atoms with Crippen molar-refractivity contribution in [3.63, 3.8) is 0 Å². The monoisotopic (exact) mass is 393 g/mol. The third kappa shape index (κ3) is 3.14. The summed E-state index contributed by atoms with van der Waals surface area (Å²) >= 11 is 3.53. The molecule has 1 unspecified atom stereocenters. The Morgan fingerprint density at radius 3 is 2.75 bits per heavy atom. The highest BCUT2D eigenvalue weighted by atomic mass is 79.9. The minimum atomic E-state index is -0.267. The summed E-state index contributed by atoms with van der Waals surface area (Å²) in [4.78, 5) is 17.1. The van der Waals surface area contributed by atoms with E-state index in [4.69, 9.17) is 4.74 Å². The van der Waals surface area contributed by atoms with Crippen LogP contribution in [0.25, 0.3) is 0 Å². The van der Waals surface area contributed by atoms with E-state index in [0.717, 1.165) is 55.5 Å².